The molecule has 3 nitrogen and oxygen atoms in total. The average Bonchev–Trinajstić information content (AvgIpc) is 2.26. The van der Waals surface area contributed by atoms with Crippen molar-refractivity contribution in [2.24, 2.45) is 0 Å². The monoisotopic (exact) mass is 236 g/mol. The van der Waals surface area contributed by atoms with Gasteiger partial charge in [0.05, 0.1) is 17.7 Å². The Morgan fingerprint density at radius 1 is 1.47 bits per heavy atom. The van der Waals surface area contributed by atoms with Crippen molar-refractivity contribution < 1.29 is 9.50 Å². The van der Waals surface area contributed by atoms with E-state index in [9.17, 15) is 9.50 Å². The highest BCUT2D eigenvalue weighted by Crippen LogP contribution is 2.10. The Kier molecular flexibility index (Phi) is 5.08. The third-order valence-corrected chi connectivity index (χ3v) is 2.52. The van der Waals surface area contributed by atoms with Gasteiger partial charge in [-0.15, -0.1) is 0 Å². The molecule has 2 unspecified atom stereocenters. The average molecular weight is 236 g/mol. The van der Waals surface area contributed by atoms with Gasteiger partial charge in [0.2, 0.25) is 0 Å². The molecule has 4 heteroatoms. The molecule has 0 heterocycles. The summed E-state index contributed by atoms with van der Waals surface area (Å²) in [4.78, 5) is 0. The third kappa shape index (κ3) is 4.51. The van der Waals surface area contributed by atoms with Crippen molar-refractivity contribution >= 4 is 0 Å². The number of hydrogen-bond acceptors (Lipinski definition) is 3. The number of nitriles is 1. The standard InChI is InChI=1S/C13H17FN2O/c1-9(5-10(2)17)16-8-12-4-3-11(7-15)6-13(12)14/h3-4,6,9-10,16-17H,5,8H2,1-2H3. The second-order valence-corrected chi connectivity index (χ2v) is 4.28. The number of hydrogen-bond donors (Lipinski definition) is 2. The summed E-state index contributed by atoms with van der Waals surface area (Å²) in [6.45, 7) is 4.06. The van der Waals surface area contributed by atoms with Crippen LogP contribution in [0.4, 0.5) is 4.39 Å². The number of aliphatic hydroxyl groups excluding tert-OH is 1. The second-order valence-electron chi connectivity index (χ2n) is 4.28. The maximum Gasteiger partial charge on any atom is 0.129 e. The van der Waals surface area contributed by atoms with Crippen LogP contribution in [-0.2, 0) is 6.54 Å². The van der Waals surface area contributed by atoms with Crippen LogP contribution in [0.15, 0.2) is 18.2 Å². The minimum absolute atomic E-state index is 0.116. The van der Waals surface area contributed by atoms with Crippen LogP contribution in [0, 0.1) is 17.1 Å². The highest BCUT2D eigenvalue weighted by atomic mass is 19.1. The van der Waals surface area contributed by atoms with Gasteiger partial charge >= 0.3 is 0 Å². The van der Waals surface area contributed by atoms with Crippen LogP contribution in [-0.4, -0.2) is 17.3 Å². The Labute approximate surface area is 101 Å². The molecule has 0 aliphatic carbocycles. The highest BCUT2D eigenvalue weighted by Gasteiger charge is 2.08. The van der Waals surface area contributed by atoms with Crippen molar-refractivity contribution in [2.75, 3.05) is 0 Å². The van der Waals surface area contributed by atoms with E-state index in [1.54, 1.807) is 19.1 Å². The lowest BCUT2D eigenvalue weighted by molar-refractivity contribution is 0.170. The number of halogens is 1. The van der Waals surface area contributed by atoms with Crippen molar-refractivity contribution in [3.05, 3.63) is 35.1 Å². The number of benzene rings is 1. The first-order valence-corrected chi connectivity index (χ1v) is 5.63. The molecule has 1 aromatic carbocycles. The molecule has 0 saturated heterocycles. The number of nitrogens with one attached hydrogen (secondary N) is 1. The minimum Gasteiger partial charge on any atom is -0.393 e. The number of aliphatic hydroxyl groups is 1. The molecule has 0 radical (unpaired) electrons. The van der Waals surface area contributed by atoms with Crippen LogP contribution >= 0.6 is 0 Å². The van der Waals surface area contributed by atoms with Crippen LogP contribution in [0.1, 0.15) is 31.4 Å². The SMILES string of the molecule is CC(O)CC(C)NCc1ccc(C#N)cc1F. The summed E-state index contributed by atoms with van der Waals surface area (Å²) in [5.41, 5.74) is 0.852. The number of nitrogens with zero attached hydrogens (tertiary/aromatic N) is 1. The van der Waals surface area contributed by atoms with Crippen LogP contribution in [0.2, 0.25) is 0 Å². The molecule has 0 fully saturated rings. The lowest BCUT2D eigenvalue weighted by atomic mass is 10.1. The fraction of sp³-hybridized carbons (Fsp3) is 0.462. The maximum absolute atomic E-state index is 13.5. The minimum atomic E-state index is -0.374. The van der Waals surface area contributed by atoms with Crippen LogP contribution in [0.25, 0.3) is 0 Å². The van der Waals surface area contributed by atoms with Gasteiger partial charge in [-0.05, 0) is 32.4 Å². The van der Waals surface area contributed by atoms with E-state index in [1.807, 2.05) is 13.0 Å². The van der Waals surface area contributed by atoms with Gasteiger partial charge in [0.1, 0.15) is 5.82 Å². The van der Waals surface area contributed by atoms with Crippen molar-refractivity contribution in [3.63, 3.8) is 0 Å². The van der Waals surface area contributed by atoms with Gasteiger partial charge in [-0.25, -0.2) is 4.39 Å². The third-order valence-electron chi connectivity index (χ3n) is 2.52. The quantitative estimate of drug-likeness (QED) is 0.821. The van der Waals surface area contributed by atoms with E-state index in [2.05, 4.69) is 5.32 Å². The van der Waals surface area contributed by atoms with E-state index < -0.39 is 0 Å². The van der Waals surface area contributed by atoms with Crippen LogP contribution < -0.4 is 5.32 Å². The molecular formula is C13H17FN2O. The van der Waals surface area contributed by atoms with Crippen molar-refractivity contribution in [3.8, 4) is 6.07 Å². The van der Waals surface area contributed by atoms with Crippen molar-refractivity contribution in [1.29, 1.82) is 5.26 Å². The van der Waals surface area contributed by atoms with Crippen molar-refractivity contribution in [1.82, 2.24) is 5.32 Å². The second kappa shape index (κ2) is 6.33. The summed E-state index contributed by atoms with van der Waals surface area (Å²) in [7, 11) is 0. The first kappa shape index (κ1) is 13.6. The van der Waals surface area contributed by atoms with Gasteiger partial charge in [0.25, 0.3) is 0 Å². The zero-order valence-electron chi connectivity index (χ0n) is 10.1. The Hall–Kier alpha value is -1.44. The van der Waals surface area contributed by atoms with E-state index in [0.717, 1.165) is 0 Å². The Bertz CT molecular complexity index is 412. The molecule has 1 aromatic rings. The van der Waals surface area contributed by atoms with Gasteiger partial charge in [0.15, 0.2) is 0 Å². The summed E-state index contributed by atoms with van der Waals surface area (Å²) in [5.74, 6) is -0.374. The fourth-order valence-electron chi connectivity index (χ4n) is 1.64. The molecule has 0 spiro atoms. The van der Waals surface area contributed by atoms with E-state index in [-0.39, 0.29) is 18.0 Å². The predicted octanol–water partition coefficient (Wildman–Crippen LogP) is 1.95. The summed E-state index contributed by atoms with van der Waals surface area (Å²) in [6.07, 6.45) is 0.251. The summed E-state index contributed by atoms with van der Waals surface area (Å²) in [5, 5.41) is 20.9. The molecule has 92 valence electrons. The fourth-order valence-corrected chi connectivity index (χ4v) is 1.64. The lowest BCUT2D eigenvalue weighted by Crippen LogP contribution is -2.29. The maximum atomic E-state index is 13.5. The molecule has 0 aliphatic heterocycles. The molecule has 0 saturated carbocycles. The first-order valence-electron chi connectivity index (χ1n) is 5.63. The molecular weight excluding hydrogens is 219 g/mol. The molecule has 0 amide bonds. The lowest BCUT2D eigenvalue weighted by Gasteiger charge is -2.15. The summed E-state index contributed by atoms with van der Waals surface area (Å²) >= 11 is 0. The normalized spacial score (nSPS) is 14.1. The van der Waals surface area contributed by atoms with E-state index in [4.69, 9.17) is 5.26 Å². The molecule has 1 rings (SSSR count). The van der Waals surface area contributed by atoms with Crippen molar-refractivity contribution in [2.45, 2.75) is 39.0 Å². The van der Waals surface area contributed by atoms with Gasteiger partial charge in [-0.2, -0.15) is 5.26 Å². The molecule has 0 aliphatic rings. The zero-order valence-corrected chi connectivity index (χ0v) is 10.1. The molecule has 0 bridgehead atoms. The zero-order chi connectivity index (χ0) is 12.8. The van der Waals surface area contributed by atoms with Gasteiger partial charge in [-0.3, -0.25) is 0 Å². The smallest absolute Gasteiger partial charge is 0.129 e. The van der Waals surface area contributed by atoms with Gasteiger partial charge in [0, 0.05) is 18.2 Å². The van der Waals surface area contributed by atoms with E-state index in [1.165, 1.54) is 6.07 Å². The van der Waals surface area contributed by atoms with Gasteiger partial charge in [-0.1, -0.05) is 6.07 Å². The largest absolute Gasteiger partial charge is 0.393 e. The van der Waals surface area contributed by atoms with Gasteiger partial charge < -0.3 is 10.4 Å². The first-order chi connectivity index (χ1) is 8.02. The molecule has 0 aromatic heterocycles. The van der Waals surface area contributed by atoms with E-state index >= 15 is 0 Å². The number of rotatable bonds is 5. The molecule has 2 N–H and O–H groups in total. The summed E-state index contributed by atoms with van der Waals surface area (Å²) in [6, 6.07) is 6.44. The van der Waals surface area contributed by atoms with E-state index in [0.29, 0.717) is 24.1 Å². The highest BCUT2D eigenvalue weighted by molar-refractivity contribution is 5.32. The molecule has 17 heavy (non-hydrogen) atoms. The Morgan fingerprint density at radius 2 is 2.18 bits per heavy atom. The predicted molar refractivity (Wildman–Crippen MR) is 63.7 cm³/mol. The Balaban J connectivity index is 2.55. The van der Waals surface area contributed by atoms with Crippen LogP contribution in [0.3, 0.4) is 0 Å². The Morgan fingerprint density at radius 3 is 2.71 bits per heavy atom. The van der Waals surface area contributed by atoms with Crippen LogP contribution in [0.5, 0.6) is 0 Å². The molecule has 2 atom stereocenters. The topological polar surface area (TPSA) is 56.0 Å². The summed E-state index contributed by atoms with van der Waals surface area (Å²) < 4.78 is 13.5.